The van der Waals surface area contributed by atoms with Crippen LogP contribution in [0.1, 0.15) is 52.4 Å². The maximum atomic E-state index is 12.5. The number of nitrogens with one attached hydrogen (secondary N) is 1. The van der Waals surface area contributed by atoms with Gasteiger partial charge in [-0.1, -0.05) is 20.3 Å². The lowest BCUT2D eigenvalue weighted by molar-refractivity contribution is 0.353. The van der Waals surface area contributed by atoms with Crippen LogP contribution in [0.2, 0.25) is 0 Å². The van der Waals surface area contributed by atoms with Gasteiger partial charge in [-0.05, 0) is 44.6 Å². The van der Waals surface area contributed by atoms with Gasteiger partial charge in [0, 0.05) is 18.6 Å². The largest absolute Gasteiger partial charge is 0.314 e. The Balaban J connectivity index is 1.87. The Morgan fingerprint density at radius 1 is 1.21 bits per heavy atom. The maximum absolute atomic E-state index is 12.5. The minimum atomic E-state index is -3.06. The third kappa shape index (κ3) is 4.72. The van der Waals surface area contributed by atoms with Crippen LogP contribution in [-0.4, -0.2) is 43.6 Å². The molecule has 0 bridgehead atoms. The number of hydrogen-bond donors (Lipinski definition) is 1. The van der Waals surface area contributed by atoms with Gasteiger partial charge in [-0.15, -0.1) is 0 Å². The summed E-state index contributed by atoms with van der Waals surface area (Å²) >= 11 is 0. The van der Waals surface area contributed by atoms with Crippen molar-refractivity contribution in [3.8, 4) is 0 Å². The molecule has 0 radical (unpaired) electrons. The van der Waals surface area contributed by atoms with E-state index in [4.69, 9.17) is 0 Å². The molecule has 1 saturated carbocycles. The Hall–Kier alpha value is -0.130. The molecule has 4 nitrogen and oxygen atoms in total. The average Bonchev–Trinajstić information content (AvgIpc) is 3.19. The minimum Gasteiger partial charge on any atom is -0.314 e. The van der Waals surface area contributed by atoms with E-state index in [9.17, 15) is 8.42 Å². The van der Waals surface area contributed by atoms with Crippen LogP contribution in [-0.2, 0) is 10.0 Å². The Kier molecular flexibility index (Phi) is 5.26. The molecule has 1 atom stereocenters. The Bertz CT molecular complexity index is 371. The fourth-order valence-corrected chi connectivity index (χ4v) is 4.80. The maximum Gasteiger partial charge on any atom is 0.214 e. The van der Waals surface area contributed by atoms with Crippen LogP contribution in [0.15, 0.2) is 0 Å². The molecule has 0 aromatic heterocycles. The van der Waals surface area contributed by atoms with E-state index in [2.05, 4.69) is 19.2 Å². The molecule has 0 aromatic rings. The molecule has 1 N–H and O–H groups in total. The predicted molar refractivity (Wildman–Crippen MR) is 78.6 cm³/mol. The van der Waals surface area contributed by atoms with Crippen molar-refractivity contribution in [3.05, 3.63) is 0 Å². The number of nitrogens with zero attached hydrogens (tertiary/aromatic N) is 1. The molecule has 1 aliphatic heterocycles. The second kappa shape index (κ2) is 6.55. The monoisotopic (exact) mass is 288 g/mol. The van der Waals surface area contributed by atoms with Gasteiger partial charge in [0.15, 0.2) is 0 Å². The fraction of sp³-hybridized carbons (Fsp3) is 1.00. The van der Waals surface area contributed by atoms with Gasteiger partial charge in [0.2, 0.25) is 10.0 Å². The van der Waals surface area contributed by atoms with Gasteiger partial charge in [-0.25, -0.2) is 8.42 Å². The van der Waals surface area contributed by atoms with E-state index in [-0.39, 0.29) is 0 Å². The molecule has 1 unspecified atom stereocenters. The van der Waals surface area contributed by atoms with E-state index in [0.717, 1.165) is 32.2 Å². The van der Waals surface area contributed by atoms with Crippen LogP contribution in [0, 0.1) is 5.92 Å². The lowest BCUT2D eigenvalue weighted by Crippen LogP contribution is -2.40. The second-order valence-electron chi connectivity index (χ2n) is 6.45. The number of rotatable bonds is 7. The standard InChI is InChI=1S/C14H28N2O2S/c1-12(2)11-16(14-6-7-14)19(17,18)10-8-13-5-3-4-9-15-13/h12-15H,3-11H2,1-2H3. The normalized spacial score (nSPS) is 25.2. The Labute approximate surface area is 118 Å². The Morgan fingerprint density at radius 3 is 2.47 bits per heavy atom. The summed E-state index contributed by atoms with van der Waals surface area (Å²) in [5.74, 6) is 0.719. The first-order valence-electron chi connectivity index (χ1n) is 7.72. The van der Waals surface area contributed by atoms with E-state index in [1.807, 2.05) is 0 Å². The molecule has 1 aliphatic carbocycles. The van der Waals surface area contributed by atoms with Gasteiger partial charge in [-0.3, -0.25) is 0 Å². The SMILES string of the molecule is CC(C)CN(C1CC1)S(=O)(=O)CCC1CCCCN1. The number of sulfonamides is 1. The summed E-state index contributed by atoms with van der Waals surface area (Å²) in [6.45, 7) is 5.91. The molecular weight excluding hydrogens is 260 g/mol. The van der Waals surface area contributed by atoms with Crippen molar-refractivity contribution in [3.63, 3.8) is 0 Å². The Morgan fingerprint density at radius 2 is 1.95 bits per heavy atom. The molecule has 0 amide bonds. The summed E-state index contributed by atoms with van der Waals surface area (Å²) in [5.41, 5.74) is 0. The quantitative estimate of drug-likeness (QED) is 0.779. The van der Waals surface area contributed by atoms with Crippen molar-refractivity contribution in [1.29, 1.82) is 0 Å². The predicted octanol–water partition coefficient (Wildman–Crippen LogP) is 1.97. The van der Waals surface area contributed by atoms with Gasteiger partial charge in [0.1, 0.15) is 0 Å². The van der Waals surface area contributed by atoms with E-state index in [1.165, 1.54) is 12.8 Å². The van der Waals surface area contributed by atoms with Gasteiger partial charge in [0.05, 0.1) is 5.75 Å². The summed E-state index contributed by atoms with van der Waals surface area (Å²) in [6.07, 6.45) is 6.45. The third-order valence-electron chi connectivity index (χ3n) is 3.99. The van der Waals surface area contributed by atoms with E-state index in [1.54, 1.807) is 4.31 Å². The van der Waals surface area contributed by atoms with Crippen LogP contribution >= 0.6 is 0 Å². The molecular formula is C14H28N2O2S. The van der Waals surface area contributed by atoms with Crippen LogP contribution in [0.3, 0.4) is 0 Å². The van der Waals surface area contributed by atoms with E-state index < -0.39 is 10.0 Å². The van der Waals surface area contributed by atoms with Crippen molar-refractivity contribution in [2.24, 2.45) is 5.92 Å². The first-order valence-corrected chi connectivity index (χ1v) is 9.33. The topological polar surface area (TPSA) is 49.4 Å². The zero-order valence-corrected chi connectivity index (χ0v) is 13.1. The average molecular weight is 288 g/mol. The first-order chi connectivity index (χ1) is 8.99. The van der Waals surface area contributed by atoms with Crippen LogP contribution in [0.25, 0.3) is 0 Å². The lowest BCUT2D eigenvalue weighted by Gasteiger charge is -2.27. The molecule has 2 rings (SSSR count). The molecule has 1 heterocycles. The highest BCUT2D eigenvalue weighted by molar-refractivity contribution is 7.89. The summed E-state index contributed by atoms with van der Waals surface area (Å²) in [6, 6.07) is 0.704. The van der Waals surface area contributed by atoms with Crippen molar-refractivity contribution in [1.82, 2.24) is 9.62 Å². The lowest BCUT2D eigenvalue weighted by atomic mass is 10.0. The number of hydrogen-bond acceptors (Lipinski definition) is 3. The van der Waals surface area contributed by atoms with Gasteiger partial charge in [-0.2, -0.15) is 4.31 Å². The van der Waals surface area contributed by atoms with Crippen LogP contribution in [0.5, 0.6) is 0 Å². The summed E-state index contributed by atoms with van der Waals surface area (Å²) in [4.78, 5) is 0. The van der Waals surface area contributed by atoms with E-state index >= 15 is 0 Å². The van der Waals surface area contributed by atoms with Crippen molar-refractivity contribution in [2.75, 3.05) is 18.8 Å². The highest BCUT2D eigenvalue weighted by Crippen LogP contribution is 2.30. The minimum absolute atomic E-state index is 0.298. The van der Waals surface area contributed by atoms with Crippen LogP contribution < -0.4 is 5.32 Å². The summed E-state index contributed by atoms with van der Waals surface area (Å²) in [5, 5.41) is 3.43. The highest BCUT2D eigenvalue weighted by atomic mass is 32.2. The molecule has 0 spiro atoms. The molecule has 5 heteroatoms. The molecule has 2 aliphatic rings. The van der Waals surface area contributed by atoms with Crippen LogP contribution in [0.4, 0.5) is 0 Å². The molecule has 112 valence electrons. The van der Waals surface area contributed by atoms with Gasteiger partial charge >= 0.3 is 0 Å². The highest BCUT2D eigenvalue weighted by Gasteiger charge is 2.37. The third-order valence-corrected chi connectivity index (χ3v) is 5.91. The zero-order valence-electron chi connectivity index (χ0n) is 12.3. The van der Waals surface area contributed by atoms with E-state index in [0.29, 0.717) is 30.3 Å². The van der Waals surface area contributed by atoms with Gasteiger partial charge < -0.3 is 5.32 Å². The zero-order chi connectivity index (χ0) is 13.9. The van der Waals surface area contributed by atoms with Crippen molar-refractivity contribution >= 4 is 10.0 Å². The summed E-state index contributed by atoms with van der Waals surface area (Å²) in [7, 11) is -3.06. The number of piperidine rings is 1. The molecule has 19 heavy (non-hydrogen) atoms. The smallest absolute Gasteiger partial charge is 0.214 e. The fourth-order valence-electron chi connectivity index (χ4n) is 2.79. The van der Waals surface area contributed by atoms with Crippen molar-refractivity contribution in [2.45, 2.75) is 64.5 Å². The molecule has 1 saturated heterocycles. The first kappa shape index (κ1) is 15.3. The second-order valence-corrected chi connectivity index (χ2v) is 8.49. The summed E-state index contributed by atoms with van der Waals surface area (Å²) < 4.78 is 26.8. The molecule has 2 fully saturated rings. The van der Waals surface area contributed by atoms with Crippen molar-refractivity contribution < 1.29 is 8.42 Å². The van der Waals surface area contributed by atoms with Gasteiger partial charge in [0.25, 0.3) is 0 Å². The molecule has 0 aromatic carbocycles.